The molecule has 128 valence electrons. The van der Waals surface area contributed by atoms with Crippen LogP contribution < -0.4 is 5.32 Å². The van der Waals surface area contributed by atoms with Gasteiger partial charge in [0.05, 0.1) is 11.6 Å². The van der Waals surface area contributed by atoms with Crippen LogP contribution in [0.2, 0.25) is 0 Å². The Kier molecular flexibility index (Phi) is 5.63. The van der Waals surface area contributed by atoms with Crippen molar-refractivity contribution < 1.29 is 23.8 Å². The average Bonchev–Trinajstić information content (AvgIpc) is 2.98. The molecule has 1 atom stereocenters. The van der Waals surface area contributed by atoms with E-state index in [1.165, 1.54) is 36.8 Å². The monoisotopic (exact) mass is 352 g/mol. The zero-order chi connectivity index (χ0) is 17.7. The van der Waals surface area contributed by atoms with Crippen LogP contribution in [0.15, 0.2) is 29.6 Å². The van der Waals surface area contributed by atoms with Crippen LogP contribution in [0, 0.1) is 5.82 Å². The van der Waals surface area contributed by atoms with Gasteiger partial charge in [-0.05, 0) is 18.6 Å². The second-order valence-electron chi connectivity index (χ2n) is 5.42. The Hall–Kier alpha value is -2.32. The summed E-state index contributed by atoms with van der Waals surface area (Å²) < 4.78 is 18.5. The number of nitrogens with one attached hydrogen (secondary N) is 1. The third kappa shape index (κ3) is 4.15. The van der Waals surface area contributed by atoms with Gasteiger partial charge in [-0.15, -0.1) is 11.3 Å². The largest absolute Gasteiger partial charge is 0.479 e. The topological polar surface area (TPSA) is 88.5 Å². The quantitative estimate of drug-likeness (QED) is 0.797. The summed E-state index contributed by atoms with van der Waals surface area (Å²) in [4.78, 5) is 27.7. The lowest BCUT2D eigenvalue weighted by Crippen LogP contribution is -2.55. The van der Waals surface area contributed by atoms with Gasteiger partial charge in [0.25, 0.3) is 5.91 Å². The Bertz CT molecular complexity index is 749. The maximum Gasteiger partial charge on any atom is 0.331 e. The van der Waals surface area contributed by atoms with Gasteiger partial charge in [0.15, 0.2) is 5.54 Å². The number of carboxylic acid groups (broad SMARTS) is 1. The highest BCUT2D eigenvalue weighted by Gasteiger charge is 2.35. The van der Waals surface area contributed by atoms with Crippen LogP contribution in [-0.2, 0) is 16.0 Å². The van der Waals surface area contributed by atoms with Crippen molar-refractivity contribution in [3.8, 4) is 0 Å². The smallest absolute Gasteiger partial charge is 0.331 e. The molecule has 24 heavy (non-hydrogen) atoms. The molecule has 1 amide bonds. The number of halogens is 1. The number of carbonyl (C=O) groups is 2. The highest BCUT2D eigenvalue weighted by molar-refractivity contribution is 7.09. The summed E-state index contributed by atoms with van der Waals surface area (Å²) in [7, 11) is 1.35. The molecule has 2 N–H and O–H groups in total. The number of rotatable bonds is 7. The summed E-state index contributed by atoms with van der Waals surface area (Å²) >= 11 is 1.21. The number of carboxylic acids is 1. The van der Waals surface area contributed by atoms with E-state index in [2.05, 4.69) is 10.3 Å². The fourth-order valence-corrected chi connectivity index (χ4v) is 2.85. The van der Waals surface area contributed by atoms with E-state index in [9.17, 15) is 19.1 Å². The van der Waals surface area contributed by atoms with Gasteiger partial charge in [0, 0.05) is 18.9 Å². The van der Waals surface area contributed by atoms with E-state index in [0.717, 1.165) is 0 Å². The Morgan fingerprint density at radius 2 is 2.12 bits per heavy atom. The van der Waals surface area contributed by atoms with E-state index in [1.54, 1.807) is 18.2 Å². The van der Waals surface area contributed by atoms with Crippen molar-refractivity contribution in [2.24, 2.45) is 0 Å². The molecular formula is C16H17FN2O4S. The molecule has 0 aliphatic carbocycles. The molecule has 2 rings (SSSR count). The normalized spacial score (nSPS) is 13.3. The van der Waals surface area contributed by atoms with E-state index < -0.39 is 17.4 Å². The fraction of sp³-hybridized carbons (Fsp3) is 0.312. The van der Waals surface area contributed by atoms with E-state index in [-0.39, 0.29) is 24.5 Å². The predicted molar refractivity (Wildman–Crippen MR) is 86.7 cm³/mol. The van der Waals surface area contributed by atoms with Crippen molar-refractivity contribution in [1.29, 1.82) is 0 Å². The second kappa shape index (κ2) is 7.50. The molecule has 0 fully saturated rings. The van der Waals surface area contributed by atoms with E-state index in [4.69, 9.17) is 4.74 Å². The van der Waals surface area contributed by atoms with Crippen LogP contribution in [0.1, 0.15) is 28.0 Å². The van der Waals surface area contributed by atoms with Crippen LogP contribution in [0.4, 0.5) is 4.39 Å². The van der Waals surface area contributed by atoms with Crippen molar-refractivity contribution >= 4 is 23.2 Å². The van der Waals surface area contributed by atoms with Crippen molar-refractivity contribution in [2.75, 3.05) is 13.7 Å². The lowest BCUT2D eigenvalue weighted by Gasteiger charge is -2.24. The Balaban J connectivity index is 2.11. The molecule has 2 aromatic rings. The first kappa shape index (κ1) is 18.0. The van der Waals surface area contributed by atoms with Crippen molar-refractivity contribution in [3.05, 3.63) is 51.7 Å². The number of thiazole rings is 1. The first-order valence-electron chi connectivity index (χ1n) is 7.08. The zero-order valence-electron chi connectivity index (χ0n) is 13.2. The lowest BCUT2D eigenvalue weighted by molar-refractivity contribution is -0.145. The molecule has 1 aromatic heterocycles. The van der Waals surface area contributed by atoms with Gasteiger partial charge in [-0.2, -0.15) is 0 Å². The van der Waals surface area contributed by atoms with E-state index in [1.807, 2.05) is 0 Å². The Morgan fingerprint density at radius 3 is 2.75 bits per heavy atom. The molecule has 1 heterocycles. The van der Waals surface area contributed by atoms with Crippen LogP contribution in [0.25, 0.3) is 0 Å². The van der Waals surface area contributed by atoms with E-state index in [0.29, 0.717) is 10.6 Å². The SMILES string of the molecule is COCC(C)(NC(=O)c1csc(Cc2ccccc2F)n1)C(=O)O. The van der Waals surface area contributed by atoms with Gasteiger partial charge in [0.1, 0.15) is 11.5 Å². The minimum absolute atomic E-state index is 0.0925. The lowest BCUT2D eigenvalue weighted by atomic mass is 10.0. The van der Waals surface area contributed by atoms with Gasteiger partial charge in [-0.25, -0.2) is 14.2 Å². The molecule has 1 unspecified atom stereocenters. The predicted octanol–water partition coefficient (Wildman–Crippen LogP) is 2.09. The van der Waals surface area contributed by atoms with Crippen molar-refractivity contribution in [3.63, 3.8) is 0 Å². The first-order chi connectivity index (χ1) is 11.4. The maximum absolute atomic E-state index is 13.7. The Morgan fingerprint density at radius 1 is 1.42 bits per heavy atom. The number of amides is 1. The van der Waals surface area contributed by atoms with Gasteiger partial charge < -0.3 is 15.2 Å². The van der Waals surface area contributed by atoms with Crippen LogP contribution in [0.3, 0.4) is 0 Å². The summed E-state index contributed by atoms with van der Waals surface area (Å²) in [5.74, 6) is -2.16. The van der Waals surface area contributed by atoms with Gasteiger partial charge in [0.2, 0.25) is 0 Å². The molecule has 0 aliphatic rings. The zero-order valence-corrected chi connectivity index (χ0v) is 14.0. The molecule has 0 radical (unpaired) electrons. The third-order valence-electron chi connectivity index (χ3n) is 3.38. The summed E-state index contributed by atoms with van der Waals surface area (Å²) in [5.41, 5.74) is -0.982. The van der Waals surface area contributed by atoms with Crippen LogP contribution >= 0.6 is 11.3 Å². The summed E-state index contributed by atoms with van der Waals surface area (Å²) in [6.45, 7) is 1.17. The number of hydrogen-bond donors (Lipinski definition) is 2. The molecule has 1 aromatic carbocycles. The minimum Gasteiger partial charge on any atom is -0.479 e. The first-order valence-corrected chi connectivity index (χ1v) is 7.96. The molecule has 0 saturated carbocycles. The molecule has 0 spiro atoms. The molecule has 0 aliphatic heterocycles. The molecule has 6 nitrogen and oxygen atoms in total. The van der Waals surface area contributed by atoms with Gasteiger partial charge in [-0.3, -0.25) is 4.79 Å². The number of carbonyl (C=O) groups excluding carboxylic acids is 1. The van der Waals surface area contributed by atoms with Gasteiger partial charge in [-0.1, -0.05) is 18.2 Å². The average molecular weight is 352 g/mol. The summed E-state index contributed by atoms with van der Waals surface area (Å²) in [6.07, 6.45) is 0.263. The fourth-order valence-electron chi connectivity index (χ4n) is 2.06. The Labute approximate surface area is 142 Å². The number of hydrogen-bond acceptors (Lipinski definition) is 5. The second-order valence-corrected chi connectivity index (χ2v) is 6.36. The standard InChI is InChI=1S/C16H17FN2O4S/c1-16(9-23-2,15(21)22)19-14(20)12-8-24-13(18-12)7-10-5-3-4-6-11(10)17/h3-6,8H,7,9H2,1-2H3,(H,19,20)(H,21,22). The van der Waals surface area contributed by atoms with Gasteiger partial charge >= 0.3 is 5.97 Å². The van der Waals surface area contributed by atoms with Crippen LogP contribution in [0.5, 0.6) is 0 Å². The highest BCUT2D eigenvalue weighted by Crippen LogP contribution is 2.17. The third-order valence-corrected chi connectivity index (χ3v) is 4.23. The molecule has 0 bridgehead atoms. The summed E-state index contributed by atoms with van der Waals surface area (Å²) in [6, 6.07) is 6.33. The molecule has 8 heteroatoms. The molecule has 0 saturated heterocycles. The highest BCUT2D eigenvalue weighted by atomic mass is 32.1. The van der Waals surface area contributed by atoms with Crippen molar-refractivity contribution in [1.82, 2.24) is 10.3 Å². The number of aromatic nitrogens is 1. The minimum atomic E-state index is -1.55. The van der Waals surface area contributed by atoms with E-state index >= 15 is 0 Å². The number of ether oxygens (including phenoxy) is 1. The number of benzene rings is 1. The number of aliphatic carboxylic acids is 1. The summed E-state index contributed by atoms with van der Waals surface area (Å²) in [5, 5.41) is 13.7. The van der Waals surface area contributed by atoms with Crippen molar-refractivity contribution in [2.45, 2.75) is 18.9 Å². The maximum atomic E-state index is 13.7. The number of nitrogens with zero attached hydrogens (tertiary/aromatic N) is 1. The number of methoxy groups -OCH3 is 1. The van der Waals surface area contributed by atoms with Crippen LogP contribution in [-0.4, -0.2) is 41.2 Å². The molecular weight excluding hydrogens is 335 g/mol.